The molecule has 2 atom stereocenters. The minimum Gasteiger partial charge on any atom is -0.465 e. The Kier molecular flexibility index (Phi) is 4.18. The molecule has 1 N–H and O–H groups in total. The van der Waals surface area contributed by atoms with Crippen LogP contribution in [0.15, 0.2) is 16.5 Å². The van der Waals surface area contributed by atoms with Crippen LogP contribution in [0.2, 0.25) is 0 Å². The van der Waals surface area contributed by atoms with Crippen LogP contribution in [-0.4, -0.2) is 18.2 Å². The van der Waals surface area contributed by atoms with Crippen LogP contribution in [0.5, 0.6) is 0 Å². The van der Waals surface area contributed by atoms with Crippen molar-refractivity contribution in [1.82, 2.24) is 5.32 Å². The van der Waals surface area contributed by atoms with Gasteiger partial charge in [-0.1, -0.05) is 19.3 Å². The minimum atomic E-state index is 0.174. The van der Waals surface area contributed by atoms with Gasteiger partial charge in [-0.25, -0.2) is 0 Å². The summed E-state index contributed by atoms with van der Waals surface area (Å²) in [4.78, 5) is 0. The first kappa shape index (κ1) is 14.2. The Morgan fingerprint density at radius 2 is 2.05 bits per heavy atom. The zero-order chi connectivity index (χ0) is 14.0. The van der Waals surface area contributed by atoms with Crippen LogP contribution in [0.25, 0.3) is 0 Å². The second kappa shape index (κ2) is 5.90. The Balaban J connectivity index is 1.59. The van der Waals surface area contributed by atoms with E-state index in [9.17, 15) is 0 Å². The smallest absolute Gasteiger partial charge is 0.120 e. The van der Waals surface area contributed by atoms with Crippen molar-refractivity contribution in [3.8, 4) is 0 Å². The number of rotatable bonds is 3. The van der Waals surface area contributed by atoms with Crippen LogP contribution in [0.3, 0.4) is 0 Å². The molecule has 0 aromatic carbocycles. The van der Waals surface area contributed by atoms with E-state index in [2.05, 4.69) is 18.3 Å². The highest BCUT2D eigenvalue weighted by Crippen LogP contribution is 2.39. The summed E-state index contributed by atoms with van der Waals surface area (Å²) in [5.41, 5.74) is 0.174. The summed E-state index contributed by atoms with van der Waals surface area (Å²) in [5, 5.41) is 3.75. The summed E-state index contributed by atoms with van der Waals surface area (Å²) in [5.74, 6) is 2.04. The van der Waals surface area contributed by atoms with Gasteiger partial charge in [-0.15, -0.1) is 0 Å². The first-order valence-electron chi connectivity index (χ1n) is 8.13. The molecule has 1 aromatic heterocycles. The molecule has 3 heteroatoms. The molecule has 2 aliphatic rings. The fraction of sp³-hybridized carbons (Fsp3) is 0.765. The third-order valence-electron chi connectivity index (χ3n) is 4.93. The Morgan fingerprint density at radius 1 is 1.25 bits per heavy atom. The summed E-state index contributed by atoms with van der Waals surface area (Å²) >= 11 is 0. The van der Waals surface area contributed by atoms with E-state index in [0.717, 1.165) is 31.0 Å². The quantitative estimate of drug-likeness (QED) is 0.902. The molecule has 1 aliphatic carbocycles. The summed E-state index contributed by atoms with van der Waals surface area (Å²) in [7, 11) is 0. The molecule has 2 unspecified atom stereocenters. The van der Waals surface area contributed by atoms with E-state index in [1.807, 2.05) is 13.0 Å². The van der Waals surface area contributed by atoms with Crippen molar-refractivity contribution < 1.29 is 9.15 Å². The monoisotopic (exact) mass is 277 g/mol. The molecule has 1 saturated heterocycles. The molecule has 2 heterocycles. The van der Waals surface area contributed by atoms with Crippen molar-refractivity contribution in [1.29, 1.82) is 0 Å². The van der Waals surface area contributed by atoms with Gasteiger partial charge in [0.2, 0.25) is 0 Å². The van der Waals surface area contributed by atoms with Crippen molar-refractivity contribution in [3.05, 3.63) is 23.7 Å². The van der Waals surface area contributed by atoms with E-state index < -0.39 is 0 Å². The molecule has 0 bridgehead atoms. The molecule has 1 spiro atoms. The van der Waals surface area contributed by atoms with Gasteiger partial charge in [0.25, 0.3) is 0 Å². The van der Waals surface area contributed by atoms with E-state index >= 15 is 0 Å². The Hall–Kier alpha value is -0.800. The fourth-order valence-electron chi connectivity index (χ4n) is 3.84. The van der Waals surface area contributed by atoms with Crippen molar-refractivity contribution >= 4 is 0 Å². The molecule has 112 valence electrons. The molecule has 1 aliphatic heterocycles. The fourth-order valence-corrected chi connectivity index (χ4v) is 3.84. The molecule has 0 amide bonds. The Bertz CT molecular complexity index is 428. The van der Waals surface area contributed by atoms with Gasteiger partial charge >= 0.3 is 0 Å². The standard InChI is InChI=1S/C17H27NO2/c1-13-6-7-16(20-13)14(2)18-15-8-11-19-17(12-15)9-4-3-5-10-17/h6-7,14-15,18H,3-5,8-12H2,1-2H3. The zero-order valence-electron chi connectivity index (χ0n) is 12.8. The highest BCUT2D eigenvalue weighted by molar-refractivity contribution is 5.09. The summed E-state index contributed by atoms with van der Waals surface area (Å²) in [6.45, 7) is 5.10. The van der Waals surface area contributed by atoms with Crippen LogP contribution in [-0.2, 0) is 4.74 Å². The second-order valence-electron chi connectivity index (χ2n) is 6.62. The summed E-state index contributed by atoms with van der Waals surface area (Å²) in [6, 6.07) is 4.97. The molecule has 0 radical (unpaired) electrons. The number of aryl methyl sites for hydroxylation is 1. The maximum atomic E-state index is 6.16. The third kappa shape index (κ3) is 3.09. The molecule has 1 saturated carbocycles. The van der Waals surface area contributed by atoms with Gasteiger partial charge in [0.15, 0.2) is 0 Å². The number of furan rings is 1. The maximum absolute atomic E-state index is 6.16. The van der Waals surface area contributed by atoms with Crippen molar-refractivity contribution in [2.24, 2.45) is 0 Å². The molecule has 1 aromatic rings. The van der Waals surface area contributed by atoms with Gasteiger partial charge in [-0.2, -0.15) is 0 Å². The third-order valence-corrected chi connectivity index (χ3v) is 4.93. The SMILES string of the molecule is Cc1ccc(C(C)NC2CCOC3(CCCCC3)C2)o1. The minimum absolute atomic E-state index is 0.174. The lowest BCUT2D eigenvalue weighted by Crippen LogP contribution is -2.48. The van der Waals surface area contributed by atoms with E-state index in [-0.39, 0.29) is 11.6 Å². The molecule has 2 fully saturated rings. The molecule has 3 nitrogen and oxygen atoms in total. The Morgan fingerprint density at radius 3 is 2.75 bits per heavy atom. The van der Waals surface area contributed by atoms with Gasteiger partial charge in [-0.05, 0) is 51.7 Å². The first-order chi connectivity index (χ1) is 9.67. The van der Waals surface area contributed by atoms with Crippen LogP contribution in [0.1, 0.15) is 69.4 Å². The largest absolute Gasteiger partial charge is 0.465 e. The number of ether oxygens (including phenoxy) is 1. The predicted octanol–water partition coefficient (Wildman–Crippen LogP) is 4.12. The number of hydrogen-bond donors (Lipinski definition) is 1. The lowest BCUT2D eigenvalue weighted by atomic mass is 9.78. The average molecular weight is 277 g/mol. The van der Waals surface area contributed by atoms with E-state index in [1.165, 1.54) is 32.1 Å². The van der Waals surface area contributed by atoms with Crippen molar-refractivity contribution in [3.63, 3.8) is 0 Å². The lowest BCUT2D eigenvalue weighted by molar-refractivity contribution is -0.110. The topological polar surface area (TPSA) is 34.4 Å². The van der Waals surface area contributed by atoms with Crippen LogP contribution in [0.4, 0.5) is 0 Å². The normalized spacial score (nSPS) is 27.6. The molecule has 20 heavy (non-hydrogen) atoms. The predicted molar refractivity (Wildman–Crippen MR) is 79.8 cm³/mol. The first-order valence-corrected chi connectivity index (χ1v) is 8.13. The van der Waals surface area contributed by atoms with Gasteiger partial charge in [0, 0.05) is 12.6 Å². The van der Waals surface area contributed by atoms with Crippen molar-refractivity contribution in [2.45, 2.75) is 76.5 Å². The molecular formula is C17H27NO2. The van der Waals surface area contributed by atoms with Gasteiger partial charge < -0.3 is 14.5 Å². The average Bonchev–Trinajstić information content (AvgIpc) is 2.86. The highest BCUT2D eigenvalue weighted by Gasteiger charge is 2.38. The van der Waals surface area contributed by atoms with Crippen LogP contribution >= 0.6 is 0 Å². The van der Waals surface area contributed by atoms with Crippen LogP contribution in [0, 0.1) is 6.92 Å². The number of nitrogens with one attached hydrogen (secondary N) is 1. The van der Waals surface area contributed by atoms with Crippen molar-refractivity contribution in [2.75, 3.05) is 6.61 Å². The zero-order valence-corrected chi connectivity index (χ0v) is 12.8. The Labute approximate surface area is 122 Å². The lowest BCUT2D eigenvalue weighted by Gasteiger charge is -2.44. The van der Waals surface area contributed by atoms with E-state index in [1.54, 1.807) is 0 Å². The van der Waals surface area contributed by atoms with Gasteiger partial charge in [0.05, 0.1) is 11.6 Å². The maximum Gasteiger partial charge on any atom is 0.120 e. The molecule has 3 rings (SSSR count). The summed E-state index contributed by atoms with van der Waals surface area (Å²) < 4.78 is 11.9. The van der Waals surface area contributed by atoms with Gasteiger partial charge in [-0.3, -0.25) is 0 Å². The van der Waals surface area contributed by atoms with E-state index in [4.69, 9.17) is 9.15 Å². The summed E-state index contributed by atoms with van der Waals surface area (Å²) in [6.07, 6.45) is 8.83. The van der Waals surface area contributed by atoms with Gasteiger partial charge in [0.1, 0.15) is 11.5 Å². The van der Waals surface area contributed by atoms with E-state index in [0.29, 0.717) is 6.04 Å². The molecular weight excluding hydrogens is 250 g/mol. The van der Waals surface area contributed by atoms with Crippen LogP contribution < -0.4 is 5.32 Å². The highest BCUT2D eigenvalue weighted by atomic mass is 16.5. The number of hydrogen-bond acceptors (Lipinski definition) is 3. The second-order valence-corrected chi connectivity index (χ2v) is 6.62.